The van der Waals surface area contributed by atoms with E-state index in [4.69, 9.17) is 5.73 Å². The van der Waals surface area contributed by atoms with Gasteiger partial charge >= 0.3 is 0 Å². The van der Waals surface area contributed by atoms with Gasteiger partial charge in [0.1, 0.15) is 17.0 Å². The molecule has 0 bridgehead atoms. The Bertz CT molecular complexity index is 711. The number of hydrogen-bond acceptors (Lipinski definition) is 5. The molecule has 0 saturated heterocycles. The number of amides is 1. The van der Waals surface area contributed by atoms with Gasteiger partial charge in [0.05, 0.1) is 11.9 Å². The molecule has 0 unspecified atom stereocenters. The maximum atomic E-state index is 12.3. The number of nitrogens with two attached hydrogens (primary N) is 1. The summed E-state index contributed by atoms with van der Waals surface area (Å²) in [5.74, 6) is 1.70. The molecule has 2 atom stereocenters. The van der Waals surface area contributed by atoms with E-state index in [1.54, 1.807) is 11.3 Å². The number of aromatic nitrogens is 2. The first-order valence-corrected chi connectivity index (χ1v) is 7.76. The van der Waals surface area contributed by atoms with Crippen LogP contribution in [-0.4, -0.2) is 27.3 Å². The van der Waals surface area contributed by atoms with Gasteiger partial charge in [0, 0.05) is 17.3 Å². The fourth-order valence-corrected chi connectivity index (χ4v) is 4.25. The van der Waals surface area contributed by atoms with E-state index in [-0.39, 0.29) is 5.92 Å². The van der Waals surface area contributed by atoms with E-state index in [0.717, 1.165) is 29.6 Å². The quantitative estimate of drug-likeness (QED) is 0.868. The van der Waals surface area contributed by atoms with Crippen LogP contribution in [0.15, 0.2) is 6.33 Å². The monoisotopic (exact) mass is 288 g/mol. The van der Waals surface area contributed by atoms with Crippen LogP contribution >= 0.6 is 11.3 Å². The molecule has 0 spiro atoms. The third kappa shape index (κ3) is 1.71. The third-order valence-electron chi connectivity index (χ3n) is 4.40. The zero-order valence-corrected chi connectivity index (χ0v) is 12.1. The maximum absolute atomic E-state index is 12.3. The first kappa shape index (κ1) is 12.1. The maximum Gasteiger partial charge on any atom is 0.226 e. The van der Waals surface area contributed by atoms with Gasteiger partial charge in [-0.05, 0) is 24.3 Å². The van der Waals surface area contributed by atoms with E-state index in [1.807, 2.05) is 4.90 Å². The van der Waals surface area contributed by atoms with Crippen LogP contribution < -0.4 is 5.73 Å². The highest BCUT2D eigenvalue weighted by molar-refractivity contribution is 7.19. The Morgan fingerprint density at radius 3 is 3.05 bits per heavy atom. The second-order valence-electron chi connectivity index (χ2n) is 5.77. The third-order valence-corrected chi connectivity index (χ3v) is 5.53. The van der Waals surface area contributed by atoms with Crippen LogP contribution in [0.5, 0.6) is 0 Å². The molecule has 0 radical (unpaired) electrons. The van der Waals surface area contributed by atoms with E-state index < -0.39 is 0 Å². The van der Waals surface area contributed by atoms with Crippen LogP contribution in [0.25, 0.3) is 10.2 Å². The molecular formula is C14H16N4OS. The highest BCUT2D eigenvalue weighted by Gasteiger charge is 2.42. The van der Waals surface area contributed by atoms with Crippen LogP contribution in [0.4, 0.5) is 5.82 Å². The summed E-state index contributed by atoms with van der Waals surface area (Å²) < 4.78 is 0. The first-order valence-electron chi connectivity index (χ1n) is 6.94. The molecule has 2 aromatic rings. The molecule has 0 aromatic carbocycles. The average Bonchev–Trinajstić information content (AvgIpc) is 3.04. The molecule has 1 fully saturated rings. The molecule has 4 rings (SSSR count). The Labute approximate surface area is 120 Å². The second kappa shape index (κ2) is 4.15. The number of hydrogen-bond donors (Lipinski definition) is 1. The number of nitrogens with zero attached hydrogens (tertiary/aromatic N) is 3. The minimum atomic E-state index is 0.260. The number of fused-ring (bicyclic) bond motifs is 3. The summed E-state index contributed by atoms with van der Waals surface area (Å²) in [7, 11) is 0. The van der Waals surface area contributed by atoms with E-state index >= 15 is 0 Å². The van der Waals surface area contributed by atoms with Gasteiger partial charge in [-0.2, -0.15) is 0 Å². The van der Waals surface area contributed by atoms with Crippen molar-refractivity contribution >= 4 is 33.3 Å². The van der Waals surface area contributed by atoms with E-state index in [0.29, 0.717) is 24.2 Å². The largest absolute Gasteiger partial charge is 0.383 e. The second-order valence-corrected chi connectivity index (χ2v) is 6.86. The molecule has 3 heterocycles. The zero-order valence-electron chi connectivity index (χ0n) is 11.3. The smallest absolute Gasteiger partial charge is 0.226 e. The van der Waals surface area contributed by atoms with Crippen molar-refractivity contribution in [1.29, 1.82) is 0 Å². The molecule has 2 N–H and O–H groups in total. The van der Waals surface area contributed by atoms with Crippen LogP contribution in [0.3, 0.4) is 0 Å². The number of nitrogen functional groups attached to an aromatic ring is 1. The number of anilines is 1. The first-order chi connectivity index (χ1) is 9.65. The van der Waals surface area contributed by atoms with Gasteiger partial charge in [-0.1, -0.05) is 6.92 Å². The average molecular weight is 288 g/mol. The number of thiophene rings is 1. The van der Waals surface area contributed by atoms with Crippen molar-refractivity contribution in [2.24, 2.45) is 11.8 Å². The topological polar surface area (TPSA) is 72.1 Å². The van der Waals surface area contributed by atoms with Gasteiger partial charge in [0.25, 0.3) is 0 Å². The minimum Gasteiger partial charge on any atom is -0.383 e. The minimum absolute atomic E-state index is 0.260. The number of carbonyl (C=O) groups excluding carboxylic acids is 1. The Kier molecular flexibility index (Phi) is 2.51. The SMILES string of the molecule is C[C@H]1C[C@@H]1C(=O)N1CCc2c(sc3ncnc(N)c23)C1. The van der Waals surface area contributed by atoms with Crippen molar-refractivity contribution in [2.75, 3.05) is 12.3 Å². The summed E-state index contributed by atoms with van der Waals surface area (Å²) >= 11 is 1.64. The summed E-state index contributed by atoms with van der Waals surface area (Å²) in [5, 5.41) is 0.999. The van der Waals surface area contributed by atoms with Crippen LogP contribution in [0.1, 0.15) is 23.8 Å². The Hall–Kier alpha value is -1.69. The van der Waals surface area contributed by atoms with Gasteiger partial charge in [-0.3, -0.25) is 4.79 Å². The molecule has 1 amide bonds. The van der Waals surface area contributed by atoms with Crippen LogP contribution in [0.2, 0.25) is 0 Å². The van der Waals surface area contributed by atoms with Gasteiger partial charge in [-0.25, -0.2) is 9.97 Å². The van der Waals surface area contributed by atoms with Crippen molar-refractivity contribution < 1.29 is 4.79 Å². The lowest BCUT2D eigenvalue weighted by atomic mass is 10.0. The fraction of sp³-hybridized carbons (Fsp3) is 0.500. The molecule has 20 heavy (non-hydrogen) atoms. The fourth-order valence-electron chi connectivity index (χ4n) is 3.04. The molecule has 2 aromatic heterocycles. The summed E-state index contributed by atoms with van der Waals surface area (Å²) in [6, 6.07) is 0. The molecule has 1 aliphatic carbocycles. The molecule has 1 saturated carbocycles. The van der Waals surface area contributed by atoms with Crippen molar-refractivity contribution in [2.45, 2.75) is 26.3 Å². The predicted octanol–water partition coefficient (Wildman–Crippen LogP) is 1.81. The molecule has 5 nitrogen and oxygen atoms in total. The summed E-state index contributed by atoms with van der Waals surface area (Å²) in [4.78, 5) is 24.9. The van der Waals surface area contributed by atoms with Crippen LogP contribution in [0, 0.1) is 11.8 Å². The summed E-state index contributed by atoms with van der Waals surface area (Å²) in [5.41, 5.74) is 7.22. The predicted molar refractivity (Wildman–Crippen MR) is 78.2 cm³/mol. The Morgan fingerprint density at radius 1 is 1.50 bits per heavy atom. The molecule has 6 heteroatoms. The number of carbonyl (C=O) groups is 1. The van der Waals surface area contributed by atoms with Crippen molar-refractivity contribution in [3.8, 4) is 0 Å². The van der Waals surface area contributed by atoms with Crippen molar-refractivity contribution in [1.82, 2.24) is 14.9 Å². The highest BCUT2D eigenvalue weighted by atomic mass is 32.1. The van der Waals surface area contributed by atoms with Gasteiger partial charge in [0.15, 0.2) is 0 Å². The highest BCUT2D eigenvalue weighted by Crippen LogP contribution is 2.41. The normalized spacial score (nSPS) is 24.8. The van der Waals surface area contributed by atoms with Crippen molar-refractivity contribution in [3.63, 3.8) is 0 Å². The summed E-state index contributed by atoms with van der Waals surface area (Å²) in [6.45, 7) is 3.64. The molecule has 2 aliphatic rings. The van der Waals surface area contributed by atoms with Gasteiger partial charge in [-0.15, -0.1) is 11.3 Å². The lowest BCUT2D eigenvalue weighted by Crippen LogP contribution is -2.36. The Morgan fingerprint density at radius 2 is 2.30 bits per heavy atom. The zero-order chi connectivity index (χ0) is 13.9. The number of rotatable bonds is 1. The van der Waals surface area contributed by atoms with Gasteiger partial charge < -0.3 is 10.6 Å². The van der Waals surface area contributed by atoms with E-state index in [2.05, 4.69) is 16.9 Å². The van der Waals surface area contributed by atoms with Gasteiger partial charge in [0.2, 0.25) is 5.91 Å². The van der Waals surface area contributed by atoms with E-state index in [9.17, 15) is 4.79 Å². The lowest BCUT2D eigenvalue weighted by Gasteiger charge is -2.27. The molecule has 104 valence electrons. The van der Waals surface area contributed by atoms with E-state index in [1.165, 1.54) is 16.8 Å². The summed E-state index contributed by atoms with van der Waals surface area (Å²) in [6.07, 6.45) is 3.42. The van der Waals surface area contributed by atoms with Crippen molar-refractivity contribution in [3.05, 3.63) is 16.8 Å². The lowest BCUT2D eigenvalue weighted by molar-refractivity contribution is -0.133. The molecular weight excluding hydrogens is 272 g/mol. The standard InChI is InChI=1S/C14H16N4OS/c1-7-4-9(7)14(19)18-3-2-8-10(5-18)20-13-11(8)12(15)16-6-17-13/h6-7,9H,2-5H2,1H3,(H2,15,16,17)/t7-,9-/m0/s1. The van der Waals surface area contributed by atoms with Crippen LogP contribution in [-0.2, 0) is 17.8 Å². The Balaban J connectivity index is 1.68. The molecule has 1 aliphatic heterocycles.